The van der Waals surface area contributed by atoms with Gasteiger partial charge in [0.2, 0.25) is 5.95 Å². The number of benzene rings is 1. The maximum Gasteiger partial charge on any atom is 0.245 e. The fourth-order valence-corrected chi connectivity index (χ4v) is 2.65. The molecule has 1 aliphatic rings. The zero-order chi connectivity index (χ0) is 14.2. The van der Waals surface area contributed by atoms with Crippen LogP contribution < -0.4 is 10.2 Å². The largest absolute Gasteiger partial charge is 0.453 e. The van der Waals surface area contributed by atoms with Crippen LogP contribution in [-0.2, 0) is 0 Å². The van der Waals surface area contributed by atoms with E-state index in [0.717, 1.165) is 48.9 Å². The quantitative estimate of drug-likeness (QED) is 0.752. The third-order valence-corrected chi connectivity index (χ3v) is 3.78. The molecule has 21 heavy (non-hydrogen) atoms. The Morgan fingerprint density at radius 1 is 1.19 bits per heavy atom. The zero-order valence-corrected chi connectivity index (χ0v) is 11.9. The van der Waals surface area contributed by atoms with Crippen molar-refractivity contribution in [2.24, 2.45) is 0 Å². The summed E-state index contributed by atoms with van der Waals surface area (Å²) in [7, 11) is 0. The van der Waals surface area contributed by atoms with E-state index in [1.165, 1.54) is 5.56 Å². The summed E-state index contributed by atoms with van der Waals surface area (Å²) in [6, 6.07) is 8.14. The summed E-state index contributed by atoms with van der Waals surface area (Å²) in [5, 5.41) is 11.7. The van der Waals surface area contributed by atoms with Crippen LogP contribution in [0.5, 0.6) is 0 Å². The summed E-state index contributed by atoms with van der Waals surface area (Å²) in [5.41, 5.74) is 2.09. The molecule has 3 heterocycles. The molecule has 0 unspecified atom stereocenters. The Hall–Kier alpha value is -2.34. The monoisotopic (exact) mass is 283 g/mol. The van der Waals surface area contributed by atoms with E-state index in [1.54, 1.807) is 0 Å². The molecule has 1 fully saturated rings. The average molecular weight is 283 g/mol. The Bertz CT molecular complexity index is 769. The lowest BCUT2D eigenvalue weighted by atomic mass is 10.2. The minimum absolute atomic E-state index is 0.678. The molecule has 2 aromatic heterocycles. The van der Waals surface area contributed by atoms with Gasteiger partial charge in [-0.15, -0.1) is 5.10 Å². The molecule has 6 nitrogen and oxygen atoms in total. The smallest absolute Gasteiger partial charge is 0.245 e. The number of H-pyrrole nitrogens is 1. The van der Waals surface area contributed by atoms with Crippen molar-refractivity contribution in [3.8, 4) is 11.6 Å². The molecule has 0 aliphatic carbocycles. The number of nitrogens with zero attached hydrogens (tertiary/aromatic N) is 3. The van der Waals surface area contributed by atoms with Crippen LogP contribution >= 0.6 is 0 Å². The van der Waals surface area contributed by atoms with Gasteiger partial charge in [-0.25, -0.2) is 0 Å². The Kier molecular flexibility index (Phi) is 2.89. The van der Waals surface area contributed by atoms with E-state index in [0.29, 0.717) is 5.82 Å². The first-order chi connectivity index (χ1) is 10.3. The third kappa shape index (κ3) is 2.27. The van der Waals surface area contributed by atoms with Gasteiger partial charge in [0.1, 0.15) is 5.58 Å². The van der Waals surface area contributed by atoms with Crippen LogP contribution in [0.15, 0.2) is 28.7 Å². The number of hydrogen-bond donors (Lipinski definition) is 2. The van der Waals surface area contributed by atoms with Crippen LogP contribution in [0.3, 0.4) is 0 Å². The maximum absolute atomic E-state index is 5.85. The number of rotatable bonds is 2. The topological polar surface area (TPSA) is 70.0 Å². The van der Waals surface area contributed by atoms with Crippen molar-refractivity contribution >= 4 is 16.9 Å². The molecule has 0 radical (unpaired) electrons. The Balaban J connectivity index is 1.67. The van der Waals surface area contributed by atoms with Crippen LogP contribution in [0, 0.1) is 6.92 Å². The Morgan fingerprint density at radius 2 is 2.05 bits per heavy atom. The molecular formula is C15H17N5O. The predicted molar refractivity (Wildman–Crippen MR) is 81.4 cm³/mol. The molecule has 4 rings (SSSR count). The second-order valence-electron chi connectivity index (χ2n) is 5.37. The first kappa shape index (κ1) is 12.4. The van der Waals surface area contributed by atoms with Crippen molar-refractivity contribution in [3.05, 3.63) is 29.8 Å². The summed E-state index contributed by atoms with van der Waals surface area (Å²) in [4.78, 5) is 6.73. The number of anilines is 1. The molecule has 1 aromatic carbocycles. The second kappa shape index (κ2) is 4.89. The van der Waals surface area contributed by atoms with E-state index in [4.69, 9.17) is 4.42 Å². The fraction of sp³-hybridized carbons (Fsp3) is 0.333. The lowest BCUT2D eigenvalue weighted by Crippen LogP contribution is -2.44. The van der Waals surface area contributed by atoms with E-state index >= 15 is 0 Å². The highest BCUT2D eigenvalue weighted by Gasteiger charge is 2.17. The van der Waals surface area contributed by atoms with Gasteiger partial charge in [-0.05, 0) is 25.1 Å². The summed E-state index contributed by atoms with van der Waals surface area (Å²) in [6.07, 6.45) is 0. The van der Waals surface area contributed by atoms with E-state index in [2.05, 4.69) is 38.4 Å². The van der Waals surface area contributed by atoms with Gasteiger partial charge in [-0.1, -0.05) is 11.6 Å². The van der Waals surface area contributed by atoms with Crippen molar-refractivity contribution in [1.82, 2.24) is 20.5 Å². The molecular weight excluding hydrogens is 266 g/mol. The third-order valence-electron chi connectivity index (χ3n) is 3.78. The molecule has 0 spiro atoms. The lowest BCUT2D eigenvalue weighted by molar-refractivity contribution is 0.580. The van der Waals surface area contributed by atoms with Gasteiger partial charge in [0.05, 0.1) is 0 Å². The molecule has 6 heteroatoms. The standard InChI is InChI=1S/C15H17N5O/c1-10-2-3-12-11(8-10)9-13(21-12)14-17-15(19-18-14)20-6-4-16-5-7-20/h2-3,8-9,16H,4-7H2,1H3,(H,17,18,19). The fourth-order valence-electron chi connectivity index (χ4n) is 2.65. The van der Waals surface area contributed by atoms with Gasteiger partial charge in [0.15, 0.2) is 11.6 Å². The van der Waals surface area contributed by atoms with E-state index in [1.807, 2.05) is 18.2 Å². The molecule has 3 aromatic rings. The van der Waals surface area contributed by atoms with E-state index < -0.39 is 0 Å². The van der Waals surface area contributed by atoms with Crippen molar-refractivity contribution < 1.29 is 4.42 Å². The number of aromatic amines is 1. The van der Waals surface area contributed by atoms with Crippen LogP contribution in [0.4, 0.5) is 5.95 Å². The molecule has 0 saturated carbocycles. The van der Waals surface area contributed by atoms with Gasteiger partial charge in [0.25, 0.3) is 0 Å². The van der Waals surface area contributed by atoms with E-state index in [-0.39, 0.29) is 0 Å². The molecule has 0 atom stereocenters. The summed E-state index contributed by atoms with van der Waals surface area (Å²) in [6.45, 7) is 5.86. The minimum atomic E-state index is 0.678. The number of aromatic nitrogens is 3. The van der Waals surface area contributed by atoms with Crippen molar-refractivity contribution in [3.63, 3.8) is 0 Å². The first-order valence-corrected chi connectivity index (χ1v) is 7.18. The predicted octanol–water partition coefficient (Wildman–Crippen LogP) is 1.94. The number of nitrogens with one attached hydrogen (secondary N) is 2. The number of piperazine rings is 1. The van der Waals surface area contributed by atoms with Crippen molar-refractivity contribution in [2.45, 2.75) is 6.92 Å². The van der Waals surface area contributed by atoms with Crippen LogP contribution in [0.1, 0.15) is 5.56 Å². The summed E-state index contributed by atoms with van der Waals surface area (Å²) < 4.78 is 5.85. The average Bonchev–Trinajstić information content (AvgIpc) is 3.14. The maximum atomic E-state index is 5.85. The van der Waals surface area contributed by atoms with Crippen molar-refractivity contribution in [1.29, 1.82) is 0 Å². The highest BCUT2D eigenvalue weighted by Crippen LogP contribution is 2.27. The SMILES string of the molecule is Cc1ccc2oc(-c3nc(N4CCNCC4)n[nH]3)cc2c1. The highest BCUT2D eigenvalue weighted by molar-refractivity contribution is 5.82. The highest BCUT2D eigenvalue weighted by atomic mass is 16.3. The molecule has 1 saturated heterocycles. The molecule has 0 amide bonds. The van der Waals surface area contributed by atoms with Gasteiger partial charge >= 0.3 is 0 Å². The molecule has 1 aliphatic heterocycles. The number of fused-ring (bicyclic) bond motifs is 1. The number of hydrogen-bond acceptors (Lipinski definition) is 5. The van der Waals surface area contributed by atoms with Gasteiger partial charge < -0.3 is 14.6 Å². The zero-order valence-electron chi connectivity index (χ0n) is 11.9. The normalized spacial score (nSPS) is 15.8. The Labute approximate surface area is 122 Å². The molecule has 108 valence electrons. The second-order valence-corrected chi connectivity index (χ2v) is 5.37. The van der Waals surface area contributed by atoms with Gasteiger partial charge in [0, 0.05) is 31.6 Å². The Morgan fingerprint density at radius 3 is 2.90 bits per heavy atom. The minimum Gasteiger partial charge on any atom is -0.453 e. The van der Waals surface area contributed by atoms with Crippen LogP contribution in [0.25, 0.3) is 22.6 Å². The number of furan rings is 1. The summed E-state index contributed by atoms with van der Waals surface area (Å²) in [5.74, 6) is 2.14. The molecule has 0 bridgehead atoms. The van der Waals surface area contributed by atoms with Gasteiger partial charge in [-0.2, -0.15) is 4.98 Å². The first-order valence-electron chi connectivity index (χ1n) is 7.18. The van der Waals surface area contributed by atoms with Crippen LogP contribution in [-0.4, -0.2) is 41.4 Å². The molecule has 2 N–H and O–H groups in total. The number of aryl methyl sites for hydroxylation is 1. The van der Waals surface area contributed by atoms with Gasteiger partial charge in [-0.3, -0.25) is 5.10 Å². The van der Waals surface area contributed by atoms with E-state index in [9.17, 15) is 0 Å². The van der Waals surface area contributed by atoms with Crippen molar-refractivity contribution in [2.75, 3.05) is 31.1 Å². The lowest BCUT2D eigenvalue weighted by Gasteiger charge is -2.25. The van der Waals surface area contributed by atoms with Crippen LogP contribution in [0.2, 0.25) is 0 Å². The summed E-state index contributed by atoms with van der Waals surface area (Å²) >= 11 is 0.